The molecule has 6 heteroatoms. The predicted molar refractivity (Wildman–Crippen MR) is 99.2 cm³/mol. The Kier molecular flexibility index (Phi) is 5.12. The molecule has 0 aliphatic rings. The number of anilines is 2. The van der Waals surface area contributed by atoms with Crippen LogP contribution in [0.25, 0.3) is 0 Å². The van der Waals surface area contributed by atoms with Crippen molar-refractivity contribution in [3.05, 3.63) is 71.5 Å². The molecule has 0 unspecified atom stereocenters. The maximum Gasteiger partial charge on any atom is 0.343 e. The van der Waals surface area contributed by atoms with Crippen LogP contribution in [0.1, 0.15) is 21.7 Å². The van der Waals surface area contributed by atoms with Gasteiger partial charge < -0.3 is 14.8 Å². The number of carbonyl (C=O) groups is 1. The number of hydrogen-bond acceptors (Lipinski definition) is 6. The summed E-state index contributed by atoms with van der Waals surface area (Å²) in [5, 5.41) is 3.13. The van der Waals surface area contributed by atoms with Crippen LogP contribution in [0.2, 0.25) is 0 Å². The summed E-state index contributed by atoms with van der Waals surface area (Å²) in [5.41, 5.74) is 3.05. The largest absolute Gasteiger partial charge is 0.497 e. The van der Waals surface area contributed by atoms with E-state index in [-0.39, 0.29) is 0 Å². The molecule has 0 aliphatic carbocycles. The van der Waals surface area contributed by atoms with Crippen LogP contribution in [-0.4, -0.2) is 23.0 Å². The highest BCUT2D eigenvalue weighted by Crippen LogP contribution is 2.20. The van der Waals surface area contributed by atoms with Crippen molar-refractivity contribution >= 4 is 17.6 Å². The Morgan fingerprint density at radius 3 is 2.04 bits per heavy atom. The Hall–Kier alpha value is -3.41. The van der Waals surface area contributed by atoms with Crippen molar-refractivity contribution in [3.8, 4) is 11.5 Å². The Balaban J connectivity index is 1.66. The lowest BCUT2D eigenvalue weighted by molar-refractivity contribution is 0.0734. The average molecular weight is 349 g/mol. The van der Waals surface area contributed by atoms with Crippen molar-refractivity contribution in [2.75, 3.05) is 12.4 Å². The van der Waals surface area contributed by atoms with E-state index >= 15 is 0 Å². The summed E-state index contributed by atoms with van der Waals surface area (Å²) in [6, 6.07) is 15.7. The first-order valence-corrected chi connectivity index (χ1v) is 8.09. The number of rotatable bonds is 5. The number of esters is 1. The lowest BCUT2D eigenvalue weighted by Gasteiger charge is -2.08. The van der Waals surface area contributed by atoms with Gasteiger partial charge in [0.25, 0.3) is 0 Å². The minimum absolute atomic E-state index is 0.425. The van der Waals surface area contributed by atoms with Crippen molar-refractivity contribution in [2.45, 2.75) is 13.8 Å². The van der Waals surface area contributed by atoms with E-state index in [0.717, 1.165) is 17.1 Å². The van der Waals surface area contributed by atoms with Gasteiger partial charge in [-0.15, -0.1) is 0 Å². The fraction of sp³-hybridized carbons (Fsp3) is 0.150. The molecule has 0 amide bonds. The van der Waals surface area contributed by atoms with E-state index in [1.807, 2.05) is 19.9 Å². The summed E-state index contributed by atoms with van der Waals surface area (Å²) in [4.78, 5) is 20.8. The van der Waals surface area contributed by atoms with Crippen LogP contribution < -0.4 is 14.8 Å². The van der Waals surface area contributed by atoms with Gasteiger partial charge in [-0.05, 0) is 68.4 Å². The van der Waals surface area contributed by atoms with Crippen LogP contribution in [0.5, 0.6) is 11.5 Å². The first-order chi connectivity index (χ1) is 12.5. The van der Waals surface area contributed by atoms with Crippen LogP contribution in [0.15, 0.2) is 54.6 Å². The van der Waals surface area contributed by atoms with Crippen LogP contribution in [0.4, 0.5) is 11.6 Å². The standard InChI is InChI=1S/C20H19N3O3/c1-13-12-14(2)22-20(21-13)23-16-6-10-18(11-7-16)26-19(24)15-4-8-17(25-3)9-5-15/h4-12H,1-3H3,(H,21,22,23). The second kappa shape index (κ2) is 7.65. The molecule has 0 aliphatic heterocycles. The fourth-order valence-electron chi connectivity index (χ4n) is 2.41. The molecular formula is C20H19N3O3. The summed E-state index contributed by atoms with van der Waals surface area (Å²) in [6.07, 6.45) is 0. The monoisotopic (exact) mass is 349 g/mol. The topological polar surface area (TPSA) is 73.3 Å². The van der Waals surface area contributed by atoms with E-state index in [0.29, 0.717) is 23.0 Å². The summed E-state index contributed by atoms with van der Waals surface area (Å²) >= 11 is 0. The molecule has 132 valence electrons. The highest BCUT2D eigenvalue weighted by atomic mass is 16.5. The van der Waals surface area contributed by atoms with E-state index < -0.39 is 5.97 Å². The van der Waals surface area contributed by atoms with Gasteiger partial charge in [-0.25, -0.2) is 14.8 Å². The first kappa shape index (κ1) is 17.4. The lowest BCUT2D eigenvalue weighted by Crippen LogP contribution is -2.08. The second-order valence-electron chi connectivity index (χ2n) is 5.74. The maximum atomic E-state index is 12.2. The fourth-order valence-corrected chi connectivity index (χ4v) is 2.41. The van der Waals surface area contributed by atoms with Gasteiger partial charge in [0.05, 0.1) is 12.7 Å². The molecule has 0 saturated carbocycles. The third-order valence-corrected chi connectivity index (χ3v) is 3.63. The summed E-state index contributed by atoms with van der Waals surface area (Å²) in [5.74, 6) is 1.25. The molecule has 3 aromatic rings. The number of hydrogen-bond donors (Lipinski definition) is 1. The molecule has 0 bridgehead atoms. The quantitative estimate of drug-likeness (QED) is 0.553. The molecule has 26 heavy (non-hydrogen) atoms. The summed E-state index contributed by atoms with van der Waals surface area (Å²) in [7, 11) is 1.58. The smallest absolute Gasteiger partial charge is 0.343 e. The minimum Gasteiger partial charge on any atom is -0.497 e. The number of benzene rings is 2. The number of nitrogens with one attached hydrogen (secondary N) is 1. The van der Waals surface area contributed by atoms with Crippen LogP contribution in [0.3, 0.4) is 0 Å². The van der Waals surface area contributed by atoms with Crippen molar-refractivity contribution in [1.82, 2.24) is 9.97 Å². The summed E-state index contributed by atoms with van der Waals surface area (Å²) in [6.45, 7) is 3.84. The zero-order chi connectivity index (χ0) is 18.5. The van der Waals surface area contributed by atoms with Crippen LogP contribution >= 0.6 is 0 Å². The molecule has 1 aromatic heterocycles. The highest BCUT2D eigenvalue weighted by Gasteiger charge is 2.09. The SMILES string of the molecule is COc1ccc(C(=O)Oc2ccc(Nc3nc(C)cc(C)n3)cc2)cc1. The van der Waals surface area contributed by atoms with Gasteiger partial charge in [0.15, 0.2) is 0 Å². The number of aromatic nitrogens is 2. The summed E-state index contributed by atoms with van der Waals surface area (Å²) < 4.78 is 10.5. The van der Waals surface area contributed by atoms with E-state index in [1.54, 1.807) is 55.6 Å². The van der Waals surface area contributed by atoms with E-state index in [9.17, 15) is 4.79 Å². The molecular weight excluding hydrogens is 330 g/mol. The Morgan fingerprint density at radius 2 is 1.46 bits per heavy atom. The van der Waals surface area contributed by atoms with E-state index in [4.69, 9.17) is 9.47 Å². The molecule has 1 N–H and O–H groups in total. The Labute approximate surface area is 151 Å². The third-order valence-electron chi connectivity index (χ3n) is 3.63. The molecule has 0 fully saturated rings. The highest BCUT2D eigenvalue weighted by molar-refractivity contribution is 5.91. The molecule has 3 rings (SSSR count). The normalized spacial score (nSPS) is 10.3. The van der Waals surface area contributed by atoms with Crippen LogP contribution in [-0.2, 0) is 0 Å². The van der Waals surface area contributed by atoms with Crippen molar-refractivity contribution < 1.29 is 14.3 Å². The number of ether oxygens (including phenoxy) is 2. The van der Waals surface area contributed by atoms with Crippen LogP contribution in [0, 0.1) is 13.8 Å². The third kappa shape index (κ3) is 4.36. The van der Waals surface area contributed by atoms with Crippen molar-refractivity contribution in [3.63, 3.8) is 0 Å². The molecule has 1 heterocycles. The average Bonchev–Trinajstić information content (AvgIpc) is 2.62. The maximum absolute atomic E-state index is 12.2. The molecule has 0 saturated heterocycles. The van der Waals surface area contributed by atoms with Crippen molar-refractivity contribution in [1.29, 1.82) is 0 Å². The molecule has 6 nitrogen and oxygen atoms in total. The lowest BCUT2D eigenvalue weighted by atomic mass is 10.2. The van der Waals surface area contributed by atoms with Gasteiger partial charge in [-0.2, -0.15) is 0 Å². The second-order valence-corrected chi connectivity index (χ2v) is 5.74. The van der Waals surface area contributed by atoms with Gasteiger partial charge in [-0.3, -0.25) is 0 Å². The number of carbonyl (C=O) groups excluding carboxylic acids is 1. The zero-order valence-corrected chi connectivity index (χ0v) is 14.8. The Morgan fingerprint density at radius 1 is 0.885 bits per heavy atom. The van der Waals surface area contributed by atoms with Gasteiger partial charge in [0.2, 0.25) is 5.95 Å². The molecule has 0 radical (unpaired) electrons. The molecule has 0 atom stereocenters. The minimum atomic E-state index is -0.425. The van der Waals surface area contributed by atoms with E-state index in [2.05, 4.69) is 15.3 Å². The molecule has 0 spiro atoms. The number of aryl methyl sites for hydroxylation is 2. The first-order valence-electron chi connectivity index (χ1n) is 8.09. The predicted octanol–water partition coefficient (Wildman–Crippen LogP) is 4.06. The van der Waals surface area contributed by atoms with Gasteiger partial charge in [-0.1, -0.05) is 0 Å². The Bertz CT molecular complexity index is 886. The number of methoxy groups -OCH3 is 1. The van der Waals surface area contributed by atoms with Crippen molar-refractivity contribution in [2.24, 2.45) is 0 Å². The zero-order valence-electron chi connectivity index (χ0n) is 14.8. The molecule has 2 aromatic carbocycles. The van der Waals surface area contributed by atoms with E-state index in [1.165, 1.54) is 0 Å². The number of nitrogens with zero attached hydrogens (tertiary/aromatic N) is 2. The van der Waals surface area contributed by atoms with Gasteiger partial charge in [0.1, 0.15) is 11.5 Å². The van der Waals surface area contributed by atoms with Gasteiger partial charge >= 0.3 is 5.97 Å². The van der Waals surface area contributed by atoms with Gasteiger partial charge in [0, 0.05) is 17.1 Å².